The van der Waals surface area contributed by atoms with Gasteiger partial charge in [0.15, 0.2) is 0 Å². The van der Waals surface area contributed by atoms with Crippen molar-refractivity contribution < 1.29 is 4.39 Å². The Labute approximate surface area is 96.2 Å². The minimum Gasteiger partial charge on any atom is -0.326 e. The molecule has 0 radical (unpaired) electrons. The summed E-state index contributed by atoms with van der Waals surface area (Å²) < 4.78 is 13.3. The molecule has 0 aliphatic carbocycles. The fourth-order valence-electron chi connectivity index (χ4n) is 2.26. The number of likely N-dealkylation sites (tertiary alicyclic amines) is 1. The third kappa shape index (κ3) is 2.80. The number of hydrogen-bond acceptors (Lipinski definition) is 2. The SMILES string of the molecule is NCc1cc(CN2CCCCC2)ccc1F. The molecule has 1 aromatic rings. The van der Waals surface area contributed by atoms with Crippen molar-refractivity contribution in [2.24, 2.45) is 5.73 Å². The van der Waals surface area contributed by atoms with Gasteiger partial charge in [0.1, 0.15) is 5.82 Å². The van der Waals surface area contributed by atoms with Crippen molar-refractivity contribution in [2.45, 2.75) is 32.4 Å². The highest BCUT2D eigenvalue weighted by atomic mass is 19.1. The van der Waals surface area contributed by atoms with Gasteiger partial charge >= 0.3 is 0 Å². The zero-order valence-corrected chi connectivity index (χ0v) is 9.58. The molecule has 0 aromatic heterocycles. The first-order valence-electron chi connectivity index (χ1n) is 5.99. The van der Waals surface area contributed by atoms with Crippen molar-refractivity contribution in [3.63, 3.8) is 0 Å². The number of halogens is 1. The maximum Gasteiger partial charge on any atom is 0.127 e. The van der Waals surface area contributed by atoms with Crippen LogP contribution in [-0.4, -0.2) is 18.0 Å². The largest absolute Gasteiger partial charge is 0.326 e. The van der Waals surface area contributed by atoms with Crippen LogP contribution in [0.1, 0.15) is 30.4 Å². The molecule has 0 unspecified atom stereocenters. The molecule has 0 spiro atoms. The van der Waals surface area contributed by atoms with Crippen molar-refractivity contribution in [3.8, 4) is 0 Å². The van der Waals surface area contributed by atoms with E-state index in [2.05, 4.69) is 4.90 Å². The van der Waals surface area contributed by atoms with Crippen LogP contribution in [0.3, 0.4) is 0 Å². The molecule has 3 heteroatoms. The second-order valence-corrected chi connectivity index (χ2v) is 4.47. The van der Waals surface area contributed by atoms with Crippen molar-refractivity contribution in [1.29, 1.82) is 0 Å². The zero-order chi connectivity index (χ0) is 11.4. The fraction of sp³-hybridized carbons (Fsp3) is 0.538. The summed E-state index contributed by atoms with van der Waals surface area (Å²) >= 11 is 0. The van der Waals surface area contributed by atoms with Gasteiger partial charge in [0.2, 0.25) is 0 Å². The molecule has 2 nitrogen and oxygen atoms in total. The van der Waals surface area contributed by atoms with Crippen molar-refractivity contribution in [3.05, 3.63) is 35.1 Å². The molecule has 1 fully saturated rings. The Morgan fingerprint density at radius 2 is 1.94 bits per heavy atom. The predicted octanol–water partition coefficient (Wildman–Crippen LogP) is 2.27. The van der Waals surface area contributed by atoms with Crippen molar-refractivity contribution >= 4 is 0 Å². The molecule has 1 saturated heterocycles. The lowest BCUT2D eigenvalue weighted by Gasteiger charge is -2.26. The summed E-state index contributed by atoms with van der Waals surface area (Å²) in [6.07, 6.45) is 3.91. The van der Waals surface area contributed by atoms with Crippen molar-refractivity contribution in [1.82, 2.24) is 4.90 Å². The first-order valence-corrected chi connectivity index (χ1v) is 5.99. The van der Waals surface area contributed by atoms with E-state index in [-0.39, 0.29) is 12.4 Å². The van der Waals surface area contributed by atoms with Gasteiger partial charge in [-0.15, -0.1) is 0 Å². The van der Waals surface area contributed by atoms with E-state index in [9.17, 15) is 4.39 Å². The lowest BCUT2D eigenvalue weighted by molar-refractivity contribution is 0.221. The van der Waals surface area contributed by atoms with Crippen LogP contribution in [0.2, 0.25) is 0 Å². The normalized spacial score (nSPS) is 17.6. The summed E-state index contributed by atoms with van der Waals surface area (Å²) in [5.74, 6) is -0.190. The summed E-state index contributed by atoms with van der Waals surface area (Å²) in [4.78, 5) is 2.43. The van der Waals surface area contributed by atoms with Gasteiger partial charge in [-0.25, -0.2) is 4.39 Å². The predicted molar refractivity (Wildman–Crippen MR) is 63.4 cm³/mol. The smallest absolute Gasteiger partial charge is 0.127 e. The van der Waals surface area contributed by atoms with Gasteiger partial charge in [-0.1, -0.05) is 18.6 Å². The molecule has 1 heterocycles. The van der Waals surface area contributed by atoms with Gasteiger partial charge < -0.3 is 5.73 Å². The van der Waals surface area contributed by atoms with Crippen LogP contribution < -0.4 is 5.73 Å². The van der Waals surface area contributed by atoms with Crippen molar-refractivity contribution in [2.75, 3.05) is 13.1 Å². The van der Waals surface area contributed by atoms with E-state index in [4.69, 9.17) is 5.73 Å². The Bertz CT molecular complexity index is 346. The summed E-state index contributed by atoms with van der Waals surface area (Å²) in [6.45, 7) is 3.53. The first kappa shape index (κ1) is 11.6. The summed E-state index contributed by atoms with van der Waals surface area (Å²) in [5.41, 5.74) is 7.29. The van der Waals surface area contributed by atoms with E-state index in [1.807, 2.05) is 12.1 Å². The van der Waals surface area contributed by atoms with Gasteiger partial charge in [-0.2, -0.15) is 0 Å². The maximum absolute atomic E-state index is 13.3. The van der Waals surface area contributed by atoms with Gasteiger partial charge in [0.05, 0.1) is 0 Å². The second-order valence-electron chi connectivity index (χ2n) is 4.47. The van der Waals surface area contributed by atoms with Crippen LogP contribution in [0.25, 0.3) is 0 Å². The molecular weight excluding hydrogens is 203 g/mol. The molecule has 2 N–H and O–H groups in total. The van der Waals surface area contributed by atoms with E-state index < -0.39 is 0 Å². The zero-order valence-electron chi connectivity index (χ0n) is 9.58. The number of rotatable bonds is 3. The third-order valence-corrected chi connectivity index (χ3v) is 3.18. The Morgan fingerprint density at radius 1 is 1.19 bits per heavy atom. The van der Waals surface area contributed by atoms with Crippen LogP contribution in [0.4, 0.5) is 4.39 Å². The van der Waals surface area contributed by atoms with Crippen LogP contribution in [0.15, 0.2) is 18.2 Å². The maximum atomic E-state index is 13.3. The monoisotopic (exact) mass is 222 g/mol. The summed E-state index contributed by atoms with van der Waals surface area (Å²) in [5, 5.41) is 0. The number of hydrogen-bond donors (Lipinski definition) is 1. The number of benzene rings is 1. The van der Waals surface area contributed by atoms with E-state index >= 15 is 0 Å². The molecule has 1 aliphatic rings. The summed E-state index contributed by atoms with van der Waals surface area (Å²) in [7, 11) is 0. The number of piperidine rings is 1. The van der Waals surface area contributed by atoms with Gasteiger partial charge in [0.25, 0.3) is 0 Å². The second kappa shape index (κ2) is 5.41. The Morgan fingerprint density at radius 3 is 2.62 bits per heavy atom. The molecule has 1 aliphatic heterocycles. The topological polar surface area (TPSA) is 29.3 Å². The van der Waals surface area contributed by atoms with E-state index in [1.54, 1.807) is 0 Å². The van der Waals surface area contributed by atoms with Crippen LogP contribution >= 0.6 is 0 Å². The lowest BCUT2D eigenvalue weighted by Crippen LogP contribution is -2.29. The van der Waals surface area contributed by atoms with Gasteiger partial charge in [0, 0.05) is 18.7 Å². The van der Waals surface area contributed by atoms with Crippen LogP contribution in [0.5, 0.6) is 0 Å². The Hall–Kier alpha value is -0.930. The minimum atomic E-state index is -0.190. The molecule has 0 amide bonds. The Balaban J connectivity index is 2.03. The highest BCUT2D eigenvalue weighted by Gasteiger charge is 2.11. The third-order valence-electron chi connectivity index (χ3n) is 3.18. The van der Waals surface area contributed by atoms with Gasteiger partial charge in [-0.3, -0.25) is 4.90 Å². The average Bonchev–Trinajstić information content (AvgIpc) is 2.33. The number of nitrogens with two attached hydrogens (primary N) is 1. The van der Waals surface area contributed by atoms with E-state index in [1.165, 1.54) is 30.9 Å². The fourth-order valence-corrected chi connectivity index (χ4v) is 2.26. The number of nitrogens with zero attached hydrogens (tertiary/aromatic N) is 1. The molecule has 0 bridgehead atoms. The molecule has 16 heavy (non-hydrogen) atoms. The molecule has 88 valence electrons. The molecular formula is C13H19FN2. The lowest BCUT2D eigenvalue weighted by atomic mass is 10.1. The summed E-state index contributed by atoms with van der Waals surface area (Å²) in [6, 6.07) is 5.29. The van der Waals surface area contributed by atoms with Gasteiger partial charge in [-0.05, 0) is 37.6 Å². The highest BCUT2D eigenvalue weighted by Crippen LogP contribution is 2.15. The molecule has 2 rings (SSSR count). The molecule has 0 atom stereocenters. The van der Waals surface area contributed by atoms with E-state index in [0.717, 1.165) is 19.6 Å². The molecule has 1 aromatic carbocycles. The standard InChI is InChI=1S/C13H19FN2/c14-13-5-4-11(8-12(13)9-15)10-16-6-2-1-3-7-16/h4-5,8H,1-3,6-7,9-10,15H2. The Kier molecular flexibility index (Phi) is 3.91. The average molecular weight is 222 g/mol. The van der Waals surface area contributed by atoms with Crippen LogP contribution in [0, 0.1) is 5.82 Å². The minimum absolute atomic E-state index is 0.190. The highest BCUT2D eigenvalue weighted by molar-refractivity contribution is 5.25. The first-order chi connectivity index (χ1) is 7.79. The molecule has 0 saturated carbocycles. The quantitative estimate of drug-likeness (QED) is 0.850. The van der Waals surface area contributed by atoms with Crippen LogP contribution in [-0.2, 0) is 13.1 Å². The van der Waals surface area contributed by atoms with E-state index in [0.29, 0.717) is 5.56 Å².